The fourth-order valence-corrected chi connectivity index (χ4v) is 2.00. The lowest BCUT2D eigenvalue weighted by Gasteiger charge is -2.02. The predicted molar refractivity (Wildman–Crippen MR) is 53.6 cm³/mol. The van der Waals surface area contributed by atoms with Gasteiger partial charge in [0.25, 0.3) is 0 Å². The molecule has 0 bridgehead atoms. The number of hydrogen-bond donors (Lipinski definition) is 0. The van der Waals surface area contributed by atoms with Crippen molar-refractivity contribution in [2.75, 3.05) is 0 Å². The molecule has 10 heavy (non-hydrogen) atoms. The molecule has 1 aromatic carbocycles. The van der Waals surface area contributed by atoms with Crippen LogP contribution >= 0.6 is 34.2 Å². The van der Waals surface area contributed by atoms with Gasteiger partial charge in [-0.2, -0.15) is 0 Å². The van der Waals surface area contributed by atoms with E-state index in [1.165, 1.54) is 14.7 Å². The van der Waals surface area contributed by atoms with E-state index in [1.54, 1.807) is 0 Å². The Hall–Kier alpha value is 0.240. The molecule has 0 unspecified atom stereocenters. The van der Waals surface area contributed by atoms with Gasteiger partial charge in [-0.1, -0.05) is 11.6 Å². The van der Waals surface area contributed by atoms with Crippen molar-refractivity contribution >= 4 is 34.2 Å². The third-order valence-corrected chi connectivity index (χ3v) is 2.58. The second-order valence-electron chi connectivity index (χ2n) is 2.33. The first-order chi connectivity index (χ1) is 4.61. The van der Waals surface area contributed by atoms with Gasteiger partial charge in [-0.25, -0.2) is 0 Å². The smallest absolute Gasteiger partial charge is 0.0448 e. The van der Waals surface area contributed by atoms with Gasteiger partial charge in [0.05, 0.1) is 0 Å². The molecular formula is C8H8ClI. The highest BCUT2D eigenvalue weighted by atomic mass is 127. The van der Waals surface area contributed by atoms with Crippen molar-refractivity contribution in [3.05, 3.63) is 31.9 Å². The molecule has 0 saturated heterocycles. The van der Waals surface area contributed by atoms with Gasteiger partial charge in [0, 0.05) is 8.59 Å². The Labute approximate surface area is 79.7 Å². The molecule has 0 N–H and O–H groups in total. The number of benzene rings is 1. The summed E-state index contributed by atoms with van der Waals surface area (Å²) in [5.74, 6) is 0. The molecule has 0 aliphatic carbocycles. The largest absolute Gasteiger partial charge is 0.0840 e. The van der Waals surface area contributed by atoms with Crippen molar-refractivity contribution in [2.45, 2.75) is 13.8 Å². The fraction of sp³-hybridized carbons (Fsp3) is 0.250. The highest BCUT2D eigenvalue weighted by molar-refractivity contribution is 14.1. The molecule has 0 atom stereocenters. The van der Waals surface area contributed by atoms with Crippen molar-refractivity contribution in [3.8, 4) is 0 Å². The first-order valence-electron chi connectivity index (χ1n) is 3.03. The molecule has 0 aliphatic heterocycles. The monoisotopic (exact) mass is 266 g/mol. The minimum absolute atomic E-state index is 0.865. The van der Waals surface area contributed by atoms with Gasteiger partial charge in [-0.05, 0) is 59.7 Å². The topological polar surface area (TPSA) is 0 Å². The fourth-order valence-electron chi connectivity index (χ4n) is 0.774. The Bertz CT molecular complexity index is 232. The molecule has 0 spiro atoms. The van der Waals surface area contributed by atoms with Crippen LogP contribution in [0.25, 0.3) is 0 Å². The highest BCUT2D eigenvalue weighted by Gasteiger charge is 1.98. The second-order valence-corrected chi connectivity index (χ2v) is 3.98. The summed E-state index contributed by atoms with van der Waals surface area (Å²) in [5, 5.41) is 0.865. The Morgan fingerprint density at radius 2 is 1.90 bits per heavy atom. The summed E-state index contributed by atoms with van der Waals surface area (Å²) in [6.07, 6.45) is 0. The number of rotatable bonds is 0. The molecule has 0 aliphatic rings. The summed E-state index contributed by atoms with van der Waals surface area (Å²) in [4.78, 5) is 0. The molecule has 1 rings (SSSR count). The van der Waals surface area contributed by atoms with Crippen LogP contribution in [-0.2, 0) is 0 Å². The molecule has 0 aromatic heterocycles. The van der Waals surface area contributed by atoms with E-state index < -0.39 is 0 Å². The van der Waals surface area contributed by atoms with Gasteiger partial charge in [-0.3, -0.25) is 0 Å². The number of hydrogen-bond acceptors (Lipinski definition) is 0. The third kappa shape index (κ3) is 1.64. The highest BCUT2D eigenvalue weighted by Crippen LogP contribution is 2.21. The van der Waals surface area contributed by atoms with Gasteiger partial charge in [-0.15, -0.1) is 0 Å². The van der Waals surface area contributed by atoms with Gasteiger partial charge >= 0.3 is 0 Å². The molecule has 0 saturated carbocycles. The van der Waals surface area contributed by atoms with Crippen molar-refractivity contribution in [1.82, 2.24) is 0 Å². The van der Waals surface area contributed by atoms with Gasteiger partial charge in [0.15, 0.2) is 0 Å². The lowest BCUT2D eigenvalue weighted by atomic mass is 10.1. The lowest BCUT2D eigenvalue weighted by Crippen LogP contribution is -1.83. The Kier molecular flexibility index (Phi) is 2.58. The normalized spacial score (nSPS) is 10.0. The Balaban J connectivity index is 3.31. The Morgan fingerprint density at radius 1 is 1.30 bits per heavy atom. The lowest BCUT2D eigenvalue weighted by molar-refractivity contribution is 1.33. The van der Waals surface area contributed by atoms with Crippen LogP contribution in [0.2, 0.25) is 5.02 Å². The van der Waals surface area contributed by atoms with E-state index in [9.17, 15) is 0 Å². The van der Waals surface area contributed by atoms with E-state index in [2.05, 4.69) is 35.6 Å². The zero-order valence-corrected chi connectivity index (χ0v) is 8.82. The molecular weight excluding hydrogens is 258 g/mol. The van der Waals surface area contributed by atoms with Crippen LogP contribution in [0.5, 0.6) is 0 Å². The summed E-state index contributed by atoms with van der Waals surface area (Å²) >= 11 is 8.18. The average Bonchev–Trinajstić information content (AvgIpc) is 1.82. The maximum atomic E-state index is 5.91. The summed E-state index contributed by atoms with van der Waals surface area (Å²) in [5.41, 5.74) is 2.44. The molecule has 0 heterocycles. The first-order valence-corrected chi connectivity index (χ1v) is 4.49. The summed E-state index contributed by atoms with van der Waals surface area (Å²) in [6, 6.07) is 4.10. The van der Waals surface area contributed by atoms with Gasteiger partial charge in [0.2, 0.25) is 0 Å². The van der Waals surface area contributed by atoms with Gasteiger partial charge in [0.1, 0.15) is 0 Å². The summed E-state index contributed by atoms with van der Waals surface area (Å²) in [6.45, 7) is 4.11. The zero-order chi connectivity index (χ0) is 7.72. The molecule has 0 fully saturated rings. The van der Waals surface area contributed by atoms with E-state index in [0.29, 0.717) is 0 Å². The minimum Gasteiger partial charge on any atom is -0.0840 e. The maximum Gasteiger partial charge on any atom is 0.0448 e. The van der Waals surface area contributed by atoms with Crippen molar-refractivity contribution in [3.63, 3.8) is 0 Å². The molecule has 1 aromatic rings. The predicted octanol–water partition coefficient (Wildman–Crippen LogP) is 3.56. The molecule has 0 amide bonds. The SMILES string of the molecule is Cc1cc(I)cc(Cl)c1C. The molecule has 2 heteroatoms. The van der Waals surface area contributed by atoms with Crippen LogP contribution in [0.4, 0.5) is 0 Å². The van der Waals surface area contributed by atoms with Crippen LogP contribution in [0.3, 0.4) is 0 Å². The molecule has 54 valence electrons. The summed E-state index contributed by atoms with van der Waals surface area (Å²) < 4.78 is 1.20. The Morgan fingerprint density at radius 3 is 2.40 bits per heavy atom. The van der Waals surface area contributed by atoms with Crippen molar-refractivity contribution in [1.29, 1.82) is 0 Å². The van der Waals surface area contributed by atoms with E-state index in [-0.39, 0.29) is 0 Å². The zero-order valence-electron chi connectivity index (χ0n) is 5.91. The third-order valence-electron chi connectivity index (χ3n) is 1.57. The number of aryl methyl sites for hydroxylation is 1. The quantitative estimate of drug-likeness (QED) is 0.630. The van der Waals surface area contributed by atoms with Crippen molar-refractivity contribution < 1.29 is 0 Å². The van der Waals surface area contributed by atoms with E-state index in [1.807, 2.05) is 13.0 Å². The van der Waals surface area contributed by atoms with E-state index in [4.69, 9.17) is 11.6 Å². The van der Waals surface area contributed by atoms with Crippen LogP contribution < -0.4 is 0 Å². The average molecular weight is 267 g/mol. The van der Waals surface area contributed by atoms with Gasteiger partial charge < -0.3 is 0 Å². The van der Waals surface area contributed by atoms with Crippen LogP contribution in [0.1, 0.15) is 11.1 Å². The second kappa shape index (κ2) is 3.09. The van der Waals surface area contributed by atoms with E-state index in [0.717, 1.165) is 5.02 Å². The van der Waals surface area contributed by atoms with Crippen LogP contribution in [-0.4, -0.2) is 0 Å². The molecule has 0 radical (unpaired) electrons. The standard InChI is InChI=1S/C8H8ClI/c1-5-3-7(10)4-8(9)6(5)2/h3-4H,1-2H3. The maximum absolute atomic E-state index is 5.91. The van der Waals surface area contributed by atoms with Crippen molar-refractivity contribution in [2.24, 2.45) is 0 Å². The number of halogens is 2. The van der Waals surface area contributed by atoms with Crippen LogP contribution in [0.15, 0.2) is 12.1 Å². The molecule has 0 nitrogen and oxygen atoms in total. The van der Waals surface area contributed by atoms with Crippen LogP contribution in [0, 0.1) is 17.4 Å². The van der Waals surface area contributed by atoms with E-state index >= 15 is 0 Å². The summed E-state index contributed by atoms with van der Waals surface area (Å²) in [7, 11) is 0. The minimum atomic E-state index is 0.865. The first kappa shape index (κ1) is 8.34.